The van der Waals surface area contributed by atoms with Crippen molar-refractivity contribution in [2.24, 2.45) is 5.92 Å². The first kappa shape index (κ1) is 20.3. The van der Waals surface area contributed by atoms with E-state index in [0.717, 1.165) is 24.8 Å². The summed E-state index contributed by atoms with van der Waals surface area (Å²) >= 11 is 1.64. The van der Waals surface area contributed by atoms with Crippen molar-refractivity contribution in [1.29, 1.82) is 0 Å². The fourth-order valence-corrected chi connectivity index (χ4v) is 5.85. The van der Waals surface area contributed by atoms with Crippen LogP contribution in [0.2, 0.25) is 0 Å². The molecule has 4 rings (SSSR count). The SMILES string of the molecule is CC[C@H](C)[C@H](NC(=O)[C@H]1N2C(=O)c3ccccc3[C@@H]2SC1(C)C)C(=O)NC1CC1. The molecule has 1 aromatic rings. The molecule has 0 aromatic heterocycles. The highest BCUT2D eigenvalue weighted by atomic mass is 32.2. The number of amides is 3. The first-order valence-corrected chi connectivity index (χ1v) is 11.3. The van der Waals surface area contributed by atoms with Crippen molar-refractivity contribution in [3.05, 3.63) is 35.4 Å². The molecule has 0 spiro atoms. The van der Waals surface area contributed by atoms with Gasteiger partial charge in [-0.15, -0.1) is 11.8 Å². The molecule has 1 saturated heterocycles. The number of hydrogen-bond acceptors (Lipinski definition) is 4. The van der Waals surface area contributed by atoms with E-state index in [1.807, 2.05) is 52.0 Å². The smallest absolute Gasteiger partial charge is 0.256 e. The van der Waals surface area contributed by atoms with Crippen LogP contribution in [0.25, 0.3) is 0 Å². The van der Waals surface area contributed by atoms with Crippen LogP contribution in [0.15, 0.2) is 24.3 Å². The Labute approximate surface area is 176 Å². The molecule has 0 unspecified atom stereocenters. The van der Waals surface area contributed by atoms with Gasteiger partial charge in [-0.05, 0) is 44.2 Å². The molecule has 29 heavy (non-hydrogen) atoms. The minimum atomic E-state index is -0.627. The van der Waals surface area contributed by atoms with E-state index in [2.05, 4.69) is 10.6 Å². The molecule has 2 N–H and O–H groups in total. The largest absolute Gasteiger partial charge is 0.352 e. The summed E-state index contributed by atoms with van der Waals surface area (Å²) in [5.41, 5.74) is 1.64. The van der Waals surface area contributed by atoms with E-state index in [-0.39, 0.29) is 35.1 Å². The lowest BCUT2D eigenvalue weighted by Crippen LogP contribution is -2.58. The molecule has 3 aliphatic rings. The van der Waals surface area contributed by atoms with Crippen LogP contribution in [0.4, 0.5) is 0 Å². The van der Waals surface area contributed by atoms with Gasteiger partial charge in [0.1, 0.15) is 17.5 Å². The maximum absolute atomic E-state index is 13.4. The summed E-state index contributed by atoms with van der Waals surface area (Å²) in [6.45, 7) is 7.99. The van der Waals surface area contributed by atoms with Crippen LogP contribution in [-0.4, -0.2) is 45.5 Å². The number of carbonyl (C=O) groups is 3. The van der Waals surface area contributed by atoms with Crippen LogP contribution >= 0.6 is 11.8 Å². The average Bonchev–Trinajstić information content (AvgIpc) is 3.40. The highest BCUT2D eigenvalue weighted by Crippen LogP contribution is 2.56. The Morgan fingerprint density at radius 1 is 1.28 bits per heavy atom. The Hall–Kier alpha value is -2.02. The average molecular weight is 416 g/mol. The standard InChI is InChI=1S/C22H29N3O3S/c1-5-12(2)16(18(26)23-13-10-11-13)24-19(27)17-22(3,4)29-21-15-9-7-6-8-14(15)20(28)25(17)21/h6-9,12-13,16-17,21H,5,10-11H2,1-4H3,(H,23,26)(H,24,27)/t12-,16-,17+,21-/m0/s1. The molecule has 7 heteroatoms. The molecule has 4 atom stereocenters. The van der Waals surface area contributed by atoms with Crippen molar-refractivity contribution < 1.29 is 14.4 Å². The first-order valence-electron chi connectivity index (χ1n) is 10.4. The molecule has 156 valence electrons. The highest BCUT2D eigenvalue weighted by Gasteiger charge is 2.57. The molecule has 2 fully saturated rings. The van der Waals surface area contributed by atoms with E-state index in [1.165, 1.54) is 0 Å². The third kappa shape index (κ3) is 3.54. The Kier molecular flexibility index (Phi) is 5.13. The van der Waals surface area contributed by atoms with Gasteiger partial charge in [-0.25, -0.2) is 0 Å². The van der Waals surface area contributed by atoms with E-state index in [1.54, 1.807) is 16.7 Å². The summed E-state index contributed by atoms with van der Waals surface area (Å²) in [7, 11) is 0. The Bertz CT molecular complexity index is 851. The minimum Gasteiger partial charge on any atom is -0.352 e. The van der Waals surface area contributed by atoms with Gasteiger partial charge in [-0.2, -0.15) is 0 Å². The van der Waals surface area contributed by atoms with E-state index in [9.17, 15) is 14.4 Å². The van der Waals surface area contributed by atoms with Gasteiger partial charge < -0.3 is 15.5 Å². The lowest BCUT2D eigenvalue weighted by Gasteiger charge is -2.32. The summed E-state index contributed by atoms with van der Waals surface area (Å²) < 4.78 is -0.453. The molecule has 6 nitrogen and oxygen atoms in total. The van der Waals surface area contributed by atoms with Gasteiger partial charge in [0.05, 0.1) is 0 Å². The fraction of sp³-hybridized carbons (Fsp3) is 0.591. The number of nitrogens with one attached hydrogen (secondary N) is 2. The normalized spacial score (nSPS) is 26.5. The second-order valence-corrected chi connectivity index (χ2v) is 10.7. The van der Waals surface area contributed by atoms with Gasteiger partial charge in [-0.3, -0.25) is 14.4 Å². The predicted molar refractivity (Wildman–Crippen MR) is 113 cm³/mol. The number of fused-ring (bicyclic) bond motifs is 3. The third-order valence-corrected chi connectivity index (χ3v) is 7.80. The lowest BCUT2D eigenvalue weighted by molar-refractivity contribution is -0.133. The zero-order chi connectivity index (χ0) is 20.9. The number of carbonyl (C=O) groups excluding carboxylic acids is 3. The molecule has 2 heterocycles. The zero-order valence-corrected chi connectivity index (χ0v) is 18.2. The molecule has 0 radical (unpaired) electrons. The maximum Gasteiger partial charge on any atom is 0.256 e. The van der Waals surface area contributed by atoms with Crippen LogP contribution in [0, 0.1) is 5.92 Å². The van der Waals surface area contributed by atoms with Crippen molar-refractivity contribution >= 4 is 29.5 Å². The summed E-state index contributed by atoms with van der Waals surface area (Å²) in [6, 6.07) is 6.59. The molecule has 1 aromatic carbocycles. The van der Waals surface area contributed by atoms with Crippen molar-refractivity contribution in [3.8, 4) is 0 Å². The van der Waals surface area contributed by atoms with E-state index in [0.29, 0.717) is 5.56 Å². The van der Waals surface area contributed by atoms with Gasteiger partial charge in [0, 0.05) is 16.4 Å². The van der Waals surface area contributed by atoms with Crippen molar-refractivity contribution in [1.82, 2.24) is 15.5 Å². The van der Waals surface area contributed by atoms with Crippen LogP contribution in [0.3, 0.4) is 0 Å². The van der Waals surface area contributed by atoms with Crippen LogP contribution < -0.4 is 10.6 Å². The minimum absolute atomic E-state index is 0.0112. The monoisotopic (exact) mass is 415 g/mol. The summed E-state index contributed by atoms with van der Waals surface area (Å²) in [5, 5.41) is 5.86. The van der Waals surface area contributed by atoms with E-state index in [4.69, 9.17) is 0 Å². The quantitative estimate of drug-likeness (QED) is 0.749. The number of nitrogens with zero attached hydrogens (tertiary/aromatic N) is 1. The zero-order valence-electron chi connectivity index (χ0n) is 17.4. The number of rotatable bonds is 6. The van der Waals surface area contributed by atoms with Crippen LogP contribution in [0.1, 0.15) is 68.3 Å². The third-order valence-electron chi connectivity index (χ3n) is 6.26. The number of thioether (sulfide) groups is 1. The predicted octanol–water partition coefficient (Wildman–Crippen LogP) is 2.84. The summed E-state index contributed by atoms with van der Waals surface area (Å²) in [5.74, 6) is -0.461. The second-order valence-electron chi connectivity index (χ2n) is 8.93. The summed E-state index contributed by atoms with van der Waals surface area (Å²) in [6.07, 6.45) is 2.78. The first-order chi connectivity index (χ1) is 13.7. The van der Waals surface area contributed by atoms with Crippen molar-refractivity contribution in [3.63, 3.8) is 0 Å². The lowest BCUT2D eigenvalue weighted by atomic mass is 9.95. The van der Waals surface area contributed by atoms with E-state index >= 15 is 0 Å². The molecule has 1 saturated carbocycles. The maximum atomic E-state index is 13.4. The number of benzene rings is 1. The van der Waals surface area contributed by atoms with Gasteiger partial charge in [0.25, 0.3) is 5.91 Å². The van der Waals surface area contributed by atoms with Gasteiger partial charge >= 0.3 is 0 Å². The molecule has 0 bridgehead atoms. The Morgan fingerprint density at radius 3 is 2.62 bits per heavy atom. The molecular weight excluding hydrogens is 386 g/mol. The van der Waals surface area contributed by atoms with E-state index < -0.39 is 16.8 Å². The molecular formula is C22H29N3O3S. The van der Waals surface area contributed by atoms with Crippen LogP contribution in [0.5, 0.6) is 0 Å². The second kappa shape index (κ2) is 7.35. The summed E-state index contributed by atoms with van der Waals surface area (Å²) in [4.78, 5) is 41.0. The van der Waals surface area contributed by atoms with Gasteiger partial charge in [0.15, 0.2) is 0 Å². The molecule has 3 amide bonds. The van der Waals surface area contributed by atoms with Gasteiger partial charge in [-0.1, -0.05) is 38.5 Å². The Balaban J connectivity index is 1.58. The van der Waals surface area contributed by atoms with Crippen molar-refractivity contribution in [2.45, 2.75) is 75.2 Å². The topological polar surface area (TPSA) is 78.5 Å². The number of hydrogen-bond donors (Lipinski definition) is 2. The van der Waals surface area contributed by atoms with Gasteiger partial charge in [0.2, 0.25) is 11.8 Å². The fourth-order valence-electron chi connectivity index (χ4n) is 4.26. The highest BCUT2D eigenvalue weighted by molar-refractivity contribution is 8.01. The Morgan fingerprint density at radius 2 is 1.97 bits per heavy atom. The van der Waals surface area contributed by atoms with Crippen molar-refractivity contribution in [2.75, 3.05) is 0 Å². The molecule has 1 aliphatic carbocycles. The van der Waals surface area contributed by atoms with Crippen LogP contribution in [-0.2, 0) is 9.59 Å². The molecule has 2 aliphatic heterocycles.